The summed E-state index contributed by atoms with van der Waals surface area (Å²) in [6.07, 6.45) is 14.4. The maximum atomic E-state index is 4.79. The molecule has 0 spiro atoms. The summed E-state index contributed by atoms with van der Waals surface area (Å²) in [5, 5.41) is 17.4. The van der Waals surface area contributed by atoms with Gasteiger partial charge in [-0.2, -0.15) is 10.2 Å². The second-order valence-electron chi connectivity index (χ2n) is 9.27. The molecular formula is C24H28N12. The zero-order chi connectivity index (χ0) is 24.5. The van der Waals surface area contributed by atoms with E-state index < -0.39 is 0 Å². The molecule has 5 aromatic rings. The van der Waals surface area contributed by atoms with Crippen LogP contribution in [0.2, 0.25) is 0 Å². The van der Waals surface area contributed by atoms with Crippen LogP contribution in [0, 0.1) is 5.92 Å². The number of fused-ring (bicyclic) bond motifs is 1. The first-order valence-electron chi connectivity index (χ1n) is 12.3. The molecule has 0 aromatic carbocycles. The average molecular weight is 485 g/mol. The zero-order valence-corrected chi connectivity index (χ0v) is 20.4. The molecule has 6 rings (SSSR count). The van der Waals surface area contributed by atoms with Crippen molar-refractivity contribution in [3.63, 3.8) is 0 Å². The molecular weight excluding hydrogens is 456 g/mol. The minimum Gasteiger partial charge on any atom is -0.340 e. The van der Waals surface area contributed by atoms with Gasteiger partial charge in [0.1, 0.15) is 0 Å². The summed E-state index contributed by atoms with van der Waals surface area (Å²) in [7, 11) is 1.88. The van der Waals surface area contributed by atoms with E-state index in [2.05, 4.69) is 47.3 Å². The molecule has 1 fully saturated rings. The number of aromatic nitrogens is 11. The second kappa shape index (κ2) is 9.44. The van der Waals surface area contributed by atoms with E-state index in [-0.39, 0.29) is 0 Å². The van der Waals surface area contributed by atoms with Gasteiger partial charge in [-0.25, -0.2) is 24.6 Å². The fourth-order valence-electron chi connectivity index (χ4n) is 4.70. The van der Waals surface area contributed by atoms with Gasteiger partial charge >= 0.3 is 0 Å². The van der Waals surface area contributed by atoms with E-state index in [1.807, 2.05) is 47.3 Å². The van der Waals surface area contributed by atoms with Crippen LogP contribution in [-0.4, -0.2) is 67.6 Å². The molecule has 1 atom stereocenters. The Morgan fingerprint density at radius 1 is 1.03 bits per heavy atom. The van der Waals surface area contributed by atoms with Crippen molar-refractivity contribution in [1.29, 1.82) is 0 Å². The van der Waals surface area contributed by atoms with E-state index in [9.17, 15) is 0 Å². The predicted molar refractivity (Wildman–Crippen MR) is 134 cm³/mol. The number of rotatable bonds is 7. The lowest BCUT2D eigenvalue weighted by molar-refractivity contribution is 0.350. The quantitative estimate of drug-likeness (QED) is 0.343. The lowest BCUT2D eigenvalue weighted by atomic mass is 9.98. The molecule has 36 heavy (non-hydrogen) atoms. The summed E-state index contributed by atoms with van der Waals surface area (Å²) in [4.78, 5) is 20.8. The van der Waals surface area contributed by atoms with Crippen LogP contribution in [0.1, 0.15) is 26.2 Å². The van der Waals surface area contributed by atoms with Gasteiger partial charge in [-0.15, -0.1) is 5.10 Å². The lowest BCUT2D eigenvalue weighted by Crippen LogP contribution is -2.38. The number of anilines is 1. The van der Waals surface area contributed by atoms with E-state index in [0.29, 0.717) is 23.8 Å². The van der Waals surface area contributed by atoms with Gasteiger partial charge in [0.05, 0.1) is 23.8 Å². The minimum absolute atomic E-state index is 0.375. The van der Waals surface area contributed by atoms with Crippen molar-refractivity contribution in [2.75, 3.05) is 18.0 Å². The number of hydrogen-bond acceptors (Lipinski definition) is 9. The molecule has 0 radical (unpaired) electrons. The summed E-state index contributed by atoms with van der Waals surface area (Å²) in [5.74, 6) is 1.12. The highest BCUT2D eigenvalue weighted by molar-refractivity contribution is 5.69. The molecule has 0 saturated carbocycles. The monoisotopic (exact) mass is 484 g/mol. The molecule has 0 amide bonds. The first-order valence-corrected chi connectivity index (χ1v) is 12.3. The molecule has 1 aliphatic heterocycles. The van der Waals surface area contributed by atoms with Gasteiger partial charge in [0.15, 0.2) is 5.65 Å². The highest BCUT2D eigenvalue weighted by atomic mass is 15.5. The average Bonchev–Trinajstić information content (AvgIpc) is 3.65. The van der Waals surface area contributed by atoms with Crippen molar-refractivity contribution >= 4 is 17.2 Å². The number of piperidine rings is 1. The fraction of sp³-hybridized carbons (Fsp3) is 0.417. The van der Waals surface area contributed by atoms with Crippen molar-refractivity contribution in [1.82, 2.24) is 54.5 Å². The Balaban J connectivity index is 1.16. The zero-order valence-electron chi connectivity index (χ0n) is 20.4. The van der Waals surface area contributed by atoms with Gasteiger partial charge < -0.3 is 4.90 Å². The Kier molecular flexibility index (Phi) is 5.84. The first-order chi connectivity index (χ1) is 17.7. The fourth-order valence-corrected chi connectivity index (χ4v) is 4.70. The van der Waals surface area contributed by atoms with Gasteiger partial charge in [0, 0.05) is 69.1 Å². The normalized spacial score (nSPS) is 16.2. The van der Waals surface area contributed by atoms with Crippen LogP contribution < -0.4 is 4.90 Å². The van der Waals surface area contributed by atoms with E-state index in [4.69, 9.17) is 4.98 Å². The SMILES string of the molecule is CCCn1ccc(-c2cnc(N3CCCC(Cn4nnc5ncc(-c6cnn(C)c6)nc54)C3)nc2)n1. The van der Waals surface area contributed by atoms with Crippen molar-refractivity contribution in [3.8, 4) is 22.5 Å². The van der Waals surface area contributed by atoms with Gasteiger partial charge in [0.25, 0.3) is 0 Å². The van der Waals surface area contributed by atoms with E-state index in [1.54, 1.807) is 17.1 Å². The molecule has 184 valence electrons. The van der Waals surface area contributed by atoms with Gasteiger partial charge in [-0.3, -0.25) is 9.36 Å². The third kappa shape index (κ3) is 4.41. The van der Waals surface area contributed by atoms with E-state index in [0.717, 1.165) is 67.4 Å². The van der Waals surface area contributed by atoms with Crippen molar-refractivity contribution in [3.05, 3.63) is 43.2 Å². The molecule has 6 heterocycles. The summed E-state index contributed by atoms with van der Waals surface area (Å²) >= 11 is 0. The van der Waals surface area contributed by atoms with Crippen molar-refractivity contribution in [2.45, 2.75) is 39.3 Å². The van der Waals surface area contributed by atoms with Crippen LogP contribution in [0.3, 0.4) is 0 Å². The Bertz CT molecular complexity index is 1460. The van der Waals surface area contributed by atoms with E-state index in [1.165, 1.54) is 0 Å². The minimum atomic E-state index is 0.375. The molecule has 0 aliphatic carbocycles. The highest BCUT2D eigenvalue weighted by Gasteiger charge is 2.24. The third-order valence-electron chi connectivity index (χ3n) is 6.49. The standard InChI is InChI=1S/C24H28N12/c1-3-7-35-9-6-20(31-35)18-10-26-24(27-11-18)34-8-4-5-17(14-34)15-36-23-22(30-32-36)25-13-21(29-23)19-12-28-33(2)16-19/h6,9-13,16-17H,3-5,7-8,14-15H2,1-2H3. The second-order valence-corrected chi connectivity index (χ2v) is 9.27. The molecule has 1 unspecified atom stereocenters. The van der Waals surface area contributed by atoms with Gasteiger partial charge in [-0.05, 0) is 31.2 Å². The topological polar surface area (TPSA) is 121 Å². The largest absolute Gasteiger partial charge is 0.340 e. The van der Waals surface area contributed by atoms with Crippen LogP contribution in [0.25, 0.3) is 33.8 Å². The molecule has 0 N–H and O–H groups in total. The highest BCUT2D eigenvalue weighted by Crippen LogP contribution is 2.24. The molecule has 12 nitrogen and oxygen atoms in total. The Hall–Kier alpha value is -4.22. The summed E-state index contributed by atoms with van der Waals surface area (Å²) in [6, 6.07) is 2.01. The number of nitrogens with zero attached hydrogens (tertiary/aromatic N) is 12. The summed E-state index contributed by atoms with van der Waals surface area (Å²) in [5.41, 5.74) is 4.75. The molecule has 1 aliphatic rings. The van der Waals surface area contributed by atoms with Crippen LogP contribution in [0.4, 0.5) is 5.95 Å². The Labute approximate surface area is 208 Å². The smallest absolute Gasteiger partial charge is 0.225 e. The maximum absolute atomic E-state index is 4.79. The first kappa shape index (κ1) is 22.3. The number of hydrogen-bond donors (Lipinski definition) is 0. The molecule has 1 saturated heterocycles. The molecule has 12 heteroatoms. The predicted octanol–water partition coefficient (Wildman–Crippen LogP) is 2.60. The Morgan fingerprint density at radius 2 is 1.92 bits per heavy atom. The summed E-state index contributed by atoms with van der Waals surface area (Å²) < 4.78 is 5.57. The van der Waals surface area contributed by atoms with Crippen LogP contribution in [0.15, 0.2) is 43.2 Å². The van der Waals surface area contributed by atoms with E-state index >= 15 is 0 Å². The van der Waals surface area contributed by atoms with Crippen LogP contribution in [-0.2, 0) is 20.1 Å². The van der Waals surface area contributed by atoms with Gasteiger partial charge in [-0.1, -0.05) is 12.1 Å². The Morgan fingerprint density at radius 3 is 2.72 bits per heavy atom. The third-order valence-corrected chi connectivity index (χ3v) is 6.49. The summed E-state index contributed by atoms with van der Waals surface area (Å²) in [6.45, 7) is 5.55. The number of aryl methyl sites for hydroxylation is 2. The lowest BCUT2D eigenvalue weighted by Gasteiger charge is -2.32. The van der Waals surface area contributed by atoms with Crippen molar-refractivity contribution < 1.29 is 0 Å². The van der Waals surface area contributed by atoms with Gasteiger partial charge in [0.2, 0.25) is 11.6 Å². The maximum Gasteiger partial charge on any atom is 0.225 e. The van der Waals surface area contributed by atoms with Crippen LogP contribution >= 0.6 is 0 Å². The van der Waals surface area contributed by atoms with Crippen LogP contribution in [0.5, 0.6) is 0 Å². The van der Waals surface area contributed by atoms with Crippen molar-refractivity contribution in [2.24, 2.45) is 13.0 Å². The molecule has 5 aromatic heterocycles. The molecule has 0 bridgehead atoms.